The second kappa shape index (κ2) is 3.95. The Morgan fingerprint density at radius 3 is 3.14 bits per heavy atom. The highest BCUT2D eigenvalue weighted by Gasteiger charge is 2.09. The van der Waals surface area contributed by atoms with Crippen molar-refractivity contribution in [3.63, 3.8) is 0 Å². The number of H-pyrrole nitrogens is 1. The third-order valence-corrected chi connectivity index (χ3v) is 2.10. The normalized spacial score (nSPS) is 10.4. The number of hydrogen-bond acceptors (Lipinski definition) is 5. The van der Waals surface area contributed by atoms with Gasteiger partial charge in [-0.1, -0.05) is 0 Å². The summed E-state index contributed by atoms with van der Waals surface area (Å²) in [4.78, 5) is 15.3. The van der Waals surface area contributed by atoms with Gasteiger partial charge in [0.1, 0.15) is 5.52 Å². The molecule has 0 saturated carbocycles. The Bertz CT molecular complexity index is 443. The molecule has 0 aliphatic carbocycles. The molecule has 7 heteroatoms. The molecule has 0 fully saturated rings. The molecule has 0 bridgehead atoms. The summed E-state index contributed by atoms with van der Waals surface area (Å²) >= 11 is 1.96. The van der Waals surface area contributed by atoms with E-state index in [1.807, 2.05) is 29.8 Å². The number of anilines is 1. The standard InChI is InChI=1S/C7H8IN5O/c1-2-14-6-4-5(10-3-9-4)11-7(12-6)13-8/h3H,2H2,1H3,(H2,9,10,11,12,13). The minimum Gasteiger partial charge on any atom is -0.476 e. The molecule has 0 aliphatic heterocycles. The molecule has 0 radical (unpaired) electrons. The van der Waals surface area contributed by atoms with E-state index in [2.05, 4.69) is 23.5 Å². The Balaban J connectivity index is 2.58. The van der Waals surface area contributed by atoms with E-state index >= 15 is 0 Å². The molecule has 2 heterocycles. The number of imidazole rings is 1. The number of nitrogens with zero attached hydrogens (tertiary/aromatic N) is 3. The highest BCUT2D eigenvalue weighted by molar-refractivity contribution is 14.1. The first-order valence-electron chi connectivity index (χ1n) is 4.05. The predicted molar refractivity (Wildman–Crippen MR) is 60.5 cm³/mol. The van der Waals surface area contributed by atoms with Crippen molar-refractivity contribution in [1.29, 1.82) is 0 Å². The van der Waals surface area contributed by atoms with E-state index in [0.717, 1.165) is 5.52 Å². The van der Waals surface area contributed by atoms with Crippen LogP contribution in [0.15, 0.2) is 6.33 Å². The second-order valence-electron chi connectivity index (χ2n) is 2.48. The molecule has 14 heavy (non-hydrogen) atoms. The topological polar surface area (TPSA) is 75.7 Å². The third-order valence-electron chi connectivity index (χ3n) is 1.62. The predicted octanol–water partition coefficient (Wildman–Crippen LogP) is 1.51. The van der Waals surface area contributed by atoms with Gasteiger partial charge in [-0.3, -0.25) is 3.53 Å². The molecule has 6 nitrogen and oxygen atoms in total. The fourth-order valence-corrected chi connectivity index (χ4v) is 1.33. The molecule has 0 atom stereocenters. The minimum atomic E-state index is 0.494. The van der Waals surface area contributed by atoms with Gasteiger partial charge in [0.25, 0.3) is 0 Å². The van der Waals surface area contributed by atoms with E-state index in [0.29, 0.717) is 24.1 Å². The lowest BCUT2D eigenvalue weighted by Crippen LogP contribution is -1.99. The van der Waals surface area contributed by atoms with Gasteiger partial charge in [-0.05, 0) is 6.92 Å². The largest absolute Gasteiger partial charge is 0.476 e. The molecule has 2 aromatic heterocycles. The molecule has 2 rings (SSSR count). The summed E-state index contributed by atoms with van der Waals surface area (Å²) in [5.74, 6) is 1.02. The number of ether oxygens (including phenoxy) is 1. The summed E-state index contributed by atoms with van der Waals surface area (Å²) in [6.45, 7) is 2.47. The third kappa shape index (κ3) is 1.59. The molecule has 0 aliphatic rings. The zero-order chi connectivity index (χ0) is 9.97. The molecule has 74 valence electrons. The van der Waals surface area contributed by atoms with Crippen LogP contribution < -0.4 is 8.27 Å². The quantitative estimate of drug-likeness (QED) is 0.664. The molecule has 0 amide bonds. The fraction of sp³-hybridized carbons (Fsp3) is 0.286. The molecule has 2 N–H and O–H groups in total. The average molecular weight is 305 g/mol. The van der Waals surface area contributed by atoms with Crippen LogP contribution in [0.4, 0.5) is 5.95 Å². The summed E-state index contributed by atoms with van der Waals surface area (Å²) in [7, 11) is 0. The van der Waals surface area contributed by atoms with Gasteiger partial charge in [0, 0.05) is 0 Å². The van der Waals surface area contributed by atoms with Gasteiger partial charge in [0.15, 0.2) is 5.65 Å². The maximum Gasteiger partial charge on any atom is 0.245 e. The average Bonchev–Trinajstić information content (AvgIpc) is 2.66. The van der Waals surface area contributed by atoms with Gasteiger partial charge in [-0.2, -0.15) is 9.97 Å². The number of halogens is 1. The number of rotatable bonds is 3. The van der Waals surface area contributed by atoms with Crippen molar-refractivity contribution >= 4 is 40.0 Å². The van der Waals surface area contributed by atoms with Crippen molar-refractivity contribution in [2.75, 3.05) is 10.1 Å². The molecule has 0 spiro atoms. The number of aromatic amines is 1. The van der Waals surface area contributed by atoms with Crippen LogP contribution in [0.3, 0.4) is 0 Å². The molecule has 0 unspecified atom stereocenters. The first kappa shape index (κ1) is 9.44. The highest BCUT2D eigenvalue weighted by Crippen LogP contribution is 2.20. The van der Waals surface area contributed by atoms with Crippen LogP contribution in [0.25, 0.3) is 11.2 Å². The Morgan fingerprint density at radius 2 is 2.43 bits per heavy atom. The Kier molecular flexibility index (Phi) is 2.66. The number of fused-ring (bicyclic) bond motifs is 1. The smallest absolute Gasteiger partial charge is 0.245 e. The van der Waals surface area contributed by atoms with Crippen LogP contribution in [-0.2, 0) is 0 Å². The molecular weight excluding hydrogens is 297 g/mol. The van der Waals surface area contributed by atoms with Crippen molar-refractivity contribution in [3.05, 3.63) is 6.33 Å². The maximum absolute atomic E-state index is 5.35. The van der Waals surface area contributed by atoms with Crippen molar-refractivity contribution in [2.24, 2.45) is 0 Å². The van der Waals surface area contributed by atoms with Crippen LogP contribution in [0.5, 0.6) is 5.88 Å². The summed E-state index contributed by atoms with van der Waals surface area (Å²) < 4.78 is 8.18. The van der Waals surface area contributed by atoms with Crippen molar-refractivity contribution < 1.29 is 4.74 Å². The zero-order valence-corrected chi connectivity index (χ0v) is 9.57. The second-order valence-corrected chi connectivity index (χ2v) is 3.02. The highest BCUT2D eigenvalue weighted by atomic mass is 127. The van der Waals surface area contributed by atoms with Gasteiger partial charge in [0.05, 0.1) is 35.8 Å². The molecular formula is C7H8IN5O. The van der Waals surface area contributed by atoms with Gasteiger partial charge in [-0.15, -0.1) is 0 Å². The maximum atomic E-state index is 5.35. The van der Waals surface area contributed by atoms with Crippen molar-refractivity contribution in [1.82, 2.24) is 19.9 Å². The first-order valence-corrected chi connectivity index (χ1v) is 5.13. The van der Waals surface area contributed by atoms with E-state index < -0.39 is 0 Å². The monoisotopic (exact) mass is 305 g/mol. The summed E-state index contributed by atoms with van der Waals surface area (Å²) in [5.41, 5.74) is 1.32. The van der Waals surface area contributed by atoms with Gasteiger partial charge >= 0.3 is 0 Å². The zero-order valence-electron chi connectivity index (χ0n) is 7.41. The number of aromatic nitrogens is 4. The SMILES string of the molecule is CCOc1nc(NI)nc2nc[nH]c12. The molecule has 0 aromatic carbocycles. The van der Waals surface area contributed by atoms with Crippen LogP contribution in [0.1, 0.15) is 6.92 Å². The van der Waals surface area contributed by atoms with E-state index in [1.54, 1.807) is 6.33 Å². The number of nitrogens with one attached hydrogen (secondary N) is 2. The van der Waals surface area contributed by atoms with Crippen molar-refractivity contribution in [3.8, 4) is 5.88 Å². The summed E-state index contributed by atoms with van der Waals surface area (Å²) in [5, 5.41) is 0. The van der Waals surface area contributed by atoms with Crippen molar-refractivity contribution in [2.45, 2.75) is 6.92 Å². The van der Waals surface area contributed by atoms with Gasteiger partial charge in [-0.25, -0.2) is 4.98 Å². The Labute approximate surface area is 94.0 Å². The lowest BCUT2D eigenvalue weighted by molar-refractivity contribution is 0.331. The lowest BCUT2D eigenvalue weighted by Gasteiger charge is -2.03. The van der Waals surface area contributed by atoms with Crippen LogP contribution in [0, 0.1) is 0 Å². The first-order chi connectivity index (χ1) is 6.85. The Hall–Kier alpha value is -1.12. The summed E-state index contributed by atoms with van der Waals surface area (Å²) in [6.07, 6.45) is 1.57. The van der Waals surface area contributed by atoms with Gasteiger partial charge in [0.2, 0.25) is 11.8 Å². The Morgan fingerprint density at radius 1 is 1.57 bits per heavy atom. The van der Waals surface area contributed by atoms with E-state index in [4.69, 9.17) is 4.74 Å². The minimum absolute atomic E-state index is 0.494. The lowest BCUT2D eigenvalue weighted by atomic mass is 10.5. The van der Waals surface area contributed by atoms with Crippen LogP contribution in [-0.4, -0.2) is 26.5 Å². The molecule has 2 aromatic rings. The van der Waals surface area contributed by atoms with E-state index in [9.17, 15) is 0 Å². The summed E-state index contributed by atoms with van der Waals surface area (Å²) in [6, 6.07) is 0. The van der Waals surface area contributed by atoms with Crippen LogP contribution in [0.2, 0.25) is 0 Å². The fourth-order valence-electron chi connectivity index (χ4n) is 1.09. The van der Waals surface area contributed by atoms with Crippen LogP contribution >= 0.6 is 22.9 Å². The van der Waals surface area contributed by atoms with Gasteiger partial charge < -0.3 is 9.72 Å². The van der Waals surface area contributed by atoms with E-state index in [1.165, 1.54) is 0 Å². The number of hydrogen-bond donors (Lipinski definition) is 2. The molecule has 0 saturated heterocycles. The van der Waals surface area contributed by atoms with E-state index in [-0.39, 0.29) is 0 Å².